The zero-order chi connectivity index (χ0) is 16.0. The molecule has 0 aliphatic carbocycles. The molecule has 0 aliphatic rings. The SMILES string of the molecule is CCNCCCN(C)S(=O)(=O)Nc1c(F)cc(F)cc1Cl. The van der Waals surface area contributed by atoms with E-state index in [2.05, 4.69) is 5.32 Å². The Bertz CT molecular complexity index is 561. The Morgan fingerprint density at radius 2 is 2.00 bits per heavy atom. The molecule has 0 aromatic heterocycles. The summed E-state index contributed by atoms with van der Waals surface area (Å²) < 4.78 is 53.6. The van der Waals surface area contributed by atoms with Crippen LogP contribution in [0.1, 0.15) is 13.3 Å². The van der Waals surface area contributed by atoms with Gasteiger partial charge in [0.2, 0.25) is 0 Å². The molecule has 0 spiro atoms. The van der Waals surface area contributed by atoms with E-state index in [-0.39, 0.29) is 11.6 Å². The van der Waals surface area contributed by atoms with Gasteiger partial charge in [-0.2, -0.15) is 12.7 Å². The van der Waals surface area contributed by atoms with Crippen molar-refractivity contribution in [2.45, 2.75) is 13.3 Å². The van der Waals surface area contributed by atoms with Crippen LogP contribution in [0.5, 0.6) is 0 Å². The van der Waals surface area contributed by atoms with E-state index in [1.54, 1.807) is 0 Å². The number of rotatable bonds is 8. The third kappa shape index (κ3) is 5.39. The summed E-state index contributed by atoms with van der Waals surface area (Å²) in [5, 5.41) is 2.73. The first-order valence-electron chi connectivity index (χ1n) is 6.37. The van der Waals surface area contributed by atoms with E-state index in [4.69, 9.17) is 11.6 Å². The van der Waals surface area contributed by atoms with E-state index >= 15 is 0 Å². The van der Waals surface area contributed by atoms with Crippen molar-refractivity contribution in [3.05, 3.63) is 28.8 Å². The summed E-state index contributed by atoms with van der Waals surface area (Å²) in [4.78, 5) is 0. The fourth-order valence-corrected chi connectivity index (χ4v) is 2.86. The fraction of sp³-hybridized carbons (Fsp3) is 0.500. The van der Waals surface area contributed by atoms with Crippen LogP contribution in [-0.2, 0) is 10.2 Å². The molecule has 21 heavy (non-hydrogen) atoms. The van der Waals surface area contributed by atoms with Gasteiger partial charge in [-0.1, -0.05) is 18.5 Å². The number of nitrogens with one attached hydrogen (secondary N) is 2. The van der Waals surface area contributed by atoms with E-state index in [1.165, 1.54) is 7.05 Å². The minimum absolute atomic E-state index is 0.253. The Kier molecular flexibility index (Phi) is 6.79. The minimum atomic E-state index is -3.95. The van der Waals surface area contributed by atoms with Gasteiger partial charge in [-0.3, -0.25) is 4.72 Å². The van der Waals surface area contributed by atoms with Gasteiger partial charge in [0.05, 0.1) is 5.02 Å². The zero-order valence-electron chi connectivity index (χ0n) is 11.8. The average Bonchev–Trinajstić information content (AvgIpc) is 2.38. The normalized spacial score (nSPS) is 11.9. The maximum atomic E-state index is 13.6. The molecule has 0 amide bonds. The number of hydrogen-bond donors (Lipinski definition) is 2. The van der Waals surface area contributed by atoms with E-state index in [9.17, 15) is 17.2 Å². The van der Waals surface area contributed by atoms with Gasteiger partial charge >= 0.3 is 10.2 Å². The van der Waals surface area contributed by atoms with Gasteiger partial charge in [-0.05, 0) is 25.6 Å². The highest BCUT2D eigenvalue weighted by molar-refractivity contribution is 7.90. The van der Waals surface area contributed by atoms with Gasteiger partial charge in [-0.15, -0.1) is 0 Å². The summed E-state index contributed by atoms with van der Waals surface area (Å²) in [6.45, 7) is 3.66. The van der Waals surface area contributed by atoms with Crippen LogP contribution in [0.3, 0.4) is 0 Å². The summed E-state index contributed by atoms with van der Waals surface area (Å²) in [6, 6.07) is 1.41. The molecule has 0 atom stereocenters. The highest BCUT2D eigenvalue weighted by Gasteiger charge is 2.21. The number of hydrogen-bond acceptors (Lipinski definition) is 3. The van der Waals surface area contributed by atoms with Crippen LogP contribution >= 0.6 is 11.6 Å². The summed E-state index contributed by atoms with van der Waals surface area (Å²) in [5.74, 6) is -1.94. The topological polar surface area (TPSA) is 61.4 Å². The molecule has 9 heteroatoms. The number of anilines is 1. The van der Waals surface area contributed by atoms with Crippen molar-refractivity contribution in [3.8, 4) is 0 Å². The second-order valence-electron chi connectivity index (χ2n) is 4.38. The molecule has 0 unspecified atom stereocenters. The summed E-state index contributed by atoms with van der Waals surface area (Å²) in [7, 11) is -2.59. The molecule has 0 saturated carbocycles. The largest absolute Gasteiger partial charge is 0.317 e. The average molecular weight is 342 g/mol. The Hall–Kier alpha value is -0.960. The van der Waals surface area contributed by atoms with Crippen LogP contribution in [0.25, 0.3) is 0 Å². The number of benzene rings is 1. The van der Waals surface area contributed by atoms with Crippen LogP contribution in [0, 0.1) is 11.6 Å². The molecule has 1 rings (SSSR count). The second-order valence-corrected chi connectivity index (χ2v) is 6.56. The Morgan fingerprint density at radius 1 is 1.33 bits per heavy atom. The maximum Gasteiger partial charge on any atom is 0.301 e. The van der Waals surface area contributed by atoms with Crippen LogP contribution < -0.4 is 10.0 Å². The van der Waals surface area contributed by atoms with Crippen molar-refractivity contribution < 1.29 is 17.2 Å². The lowest BCUT2D eigenvalue weighted by molar-refractivity contribution is 0.459. The Morgan fingerprint density at radius 3 is 2.57 bits per heavy atom. The van der Waals surface area contributed by atoms with Gasteiger partial charge in [0.15, 0.2) is 5.82 Å². The first-order chi connectivity index (χ1) is 9.77. The number of nitrogens with zero attached hydrogens (tertiary/aromatic N) is 1. The molecule has 1 aromatic rings. The first-order valence-corrected chi connectivity index (χ1v) is 8.19. The summed E-state index contributed by atoms with van der Waals surface area (Å²) in [5.41, 5.74) is -0.461. The fourth-order valence-electron chi connectivity index (χ4n) is 1.57. The molecule has 5 nitrogen and oxygen atoms in total. The third-order valence-corrected chi connectivity index (χ3v) is 4.49. The summed E-state index contributed by atoms with van der Waals surface area (Å²) >= 11 is 5.66. The lowest BCUT2D eigenvalue weighted by Gasteiger charge is -2.19. The van der Waals surface area contributed by atoms with Crippen LogP contribution in [0.4, 0.5) is 14.5 Å². The van der Waals surface area contributed by atoms with Crippen LogP contribution in [0.2, 0.25) is 5.02 Å². The van der Waals surface area contributed by atoms with Crippen molar-refractivity contribution in [1.29, 1.82) is 0 Å². The van der Waals surface area contributed by atoms with E-state index in [0.29, 0.717) is 19.0 Å². The Labute approximate surface area is 128 Å². The lowest BCUT2D eigenvalue weighted by atomic mass is 10.3. The highest BCUT2D eigenvalue weighted by atomic mass is 35.5. The van der Waals surface area contributed by atoms with Crippen molar-refractivity contribution in [2.75, 3.05) is 31.4 Å². The number of halogens is 3. The Balaban J connectivity index is 2.76. The van der Waals surface area contributed by atoms with Gasteiger partial charge in [0, 0.05) is 19.7 Å². The molecular weight excluding hydrogens is 324 g/mol. The highest BCUT2D eigenvalue weighted by Crippen LogP contribution is 2.27. The van der Waals surface area contributed by atoms with Gasteiger partial charge in [-0.25, -0.2) is 8.78 Å². The van der Waals surface area contributed by atoms with Gasteiger partial charge < -0.3 is 5.32 Å². The van der Waals surface area contributed by atoms with Crippen molar-refractivity contribution in [1.82, 2.24) is 9.62 Å². The van der Waals surface area contributed by atoms with Crippen molar-refractivity contribution in [3.63, 3.8) is 0 Å². The molecule has 0 aliphatic heterocycles. The first kappa shape index (κ1) is 18.1. The molecule has 1 aromatic carbocycles. The monoisotopic (exact) mass is 341 g/mol. The molecular formula is C12H18ClF2N3O2S. The van der Waals surface area contributed by atoms with Crippen molar-refractivity contribution in [2.24, 2.45) is 0 Å². The van der Waals surface area contributed by atoms with Crippen LogP contribution in [0.15, 0.2) is 12.1 Å². The van der Waals surface area contributed by atoms with Crippen molar-refractivity contribution >= 4 is 27.5 Å². The third-order valence-electron chi connectivity index (χ3n) is 2.72. The zero-order valence-corrected chi connectivity index (χ0v) is 13.4. The van der Waals surface area contributed by atoms with Gasteiger partial charge in [0.1, 0.15) is 11.5 Å². The molecule has 120 valence electrons. The second kappa shape index (κ2) is 7.88. The molecule has 0 radical (unpaired) electrons. The van der Waals surface area contributed by atoms with E-state index in [0.717, 1.165) is 16.9 Å². The summed E-state index contributed by atoms with van der Waals surface area (Å²) in [6.07, 6.45) is 0.602. The minimum Gasteiger partial charge on any atom is -0.317 e. The lowest BCUT2D eigenvalue weighted by Crippen LogP contribution is -2.34. The van der Waals surface area contributed by atoms with E-state index < -0.39 is 27.5 Å². The predicted molar refractivity (Wildman–Crippen MR) is 79.7 cm³/mol. The molecule has 2 N–H and O–H groups in total. The van der Waals surface area contributed by atoms with Crippen LogP contribution in [-0.4, -0.2) is 39.4 Å². The quantitative estimate of drug-likeness (QED) is 0.713. The molecule has 0 heterocycles. The maximum absolute atomic E-state index is 13.6. The van der Waals surface area contributed by atoms with E-state index in [1.807, 2.05) is 11.6 Å². The smallest absolute Gasteiger partial charge is 0.301 e. The standard InChI is InChI=1S/C12H18ClF2N3O2S/c1-3-16-5-4-6-18(2)21(19,20)17-12-10(13)7-9(14)8-11(12)15/h7-8,16-17H,3-6H2,1-2H3. The molecule has 0 bridgehead atoms. The predicted octanol–water partition coefficient (Wildman–Crippen LogP) is 2.21. The molecule has 0 saturated heterocycles. The molecule has 0 fully saturated rings. The van der Waals surface area contributed by atoms with Gasteiger partial charge in [0.25, 0.3) is 0 Å².